The largest absolute Gasteiger partial charge is 0.493 e. The summed E-state index contributed by atoms with van der Waals surface area (Å²) in [5, 5.41) is 3.03. The van der Waals surface area contributed by atoms with Crippen molar-refractivity contribution in [1.82, 2.24) is 9.78 Å². The first-order chi connectivity index (χ1) is 10.2. The molecule has 112 valence electrons. The Bertz CT molecular complexity index is 681. The Hall–Kier alpha value is -2.17. The van der Waals surface area contributed by atoms with Crippen LogP contribution in [0.2, 0.25) is 0 Å². The first kappa shape index (κ1) is 13.8. The molecule has 3 rings (SSSR count). The number of aryl methyl sites for hydroxylation is 1. The van der Waals surface area contributed by atoms with Crippen molar-refractivity contribution >= 4 is 0 Å². The van der Waals surface area contributed by atoms with Crippen LogP contribution < -0.4 is 15.0 Å². The van der Waals surface area contributed by atoms with Crippen molar-refractivity contribution < 1.29 is 9.47 Å². The van der Waals surface area contributed by atoms with E-state index in [9.17, 15) is 4.79 Å². The summed E-state index contributed by atoms with van der Waals surface area (Å²) in [5.41, 5.74) is 1.64. The minimum Gasteiger partial charge on any atom is -0.493 e. The lowest BCUT2D eigenvalue weighted by Crippen LogP contribution is -2.11. The normalized spacial score (nSPS) is 15.3. The van der Waals surface area contributed by atoms with E-state index < -0.39 is 0 Å². The van der Waals surface area contributed by atoms with Crippen molar-refractivity contribution in [2.24, 2.45) is 7.05 Å². The first-order valence-electron chi connectivity index (χ1n) is 7.28. The van der Waals surface area contributed by atoms with Crippen LogP contribution in [-0.4, -0.2) is 23.0 Å². The molecular weight excluding hydrogens is 268 g/mol. The molecule has 1 fully saturated rings. The third kappa shape index (κ3) is 2.82. The molecule has 1 aromatic carbocycles. The molecule has 0 radical (unpaired) electrons. The zero-order chi connectivity index (χ0) is 14.8. The lowest BCUT2D eigenvalue weighted by atomic mass is 10.1. The van der Waals surface area contributed by atoms with Gasteiger partial charge in [0.1, 0.15) is 0 Å². The number of nitrogens with one attached hydrogen (secondary N) is 1. The fourth-order valence-electron chi connectivity index (χ4n) is 2.76. The maximum Gasteiger partial charge on any atom is 0.266 e. The van der Waals surface area contributed by atoms with E-state index in [0.29, 0.717) is 0 Å². The van der Waals surface area contributed by atoms with E-state index in [4.69, 9.17) is 9.47 Å². The number of H-pyrrole nitrogens is 1. The van der Waals surface area contributed by atoms with Gasteiger partial charge in [0.05, 0.1) is 18.9 Å². The molecule has 1 heterocycles. The second-order valence-corrected chi connectivity index (χ2v) is 5.46. The first-order valence-corrected chi connectivity index (χ1v) is 7.28. The average Bonchev–Trinajstić information content (AvgIpc) is 3.10. The molecule has 0 aliphatic heterocycles. The summed E-state index contributed by atoms with van der Waals surface area (Å²) in [5.74, 6) is 1.47. The number of nitrogens with zero attached hydrogens (tertiary/aromatic N) is 1. The van der Waals surface area contributed by atoms with Crippen LogP contribution in [0.25, 0.3) is 11.3 Å². The number of hydrogen-bond donors (Lipinski definition) is 1. The van der Waals surface area contributed by atoms with E-state index in [1.54, 1.807) is 20.2 Å². The van der Waals surface area contributed by atoms with Gasteiger partial charge in [-0.3, -0.25) is 14.6 Å². The Morgan fingerprint density at radius 1 is 1.19 bits per heavy atom. The second-order valence-electron chi connectivity index (χ2n) is 5.46. The van der Waals surface area contributed by atoms with E-state index >= 15 is 0 Å². The number of hydrogen-bond acceptors (Lipinski definition) is 3. The molecule has 1 aliphatic carbocycles. The van der Waals surface area contributed by atoms with Gasteiger partial charge in [-0.05, 0) is 43.9 Å². The van der Waals surface area contributed by atoms with E-state index in [0.717, 1.165) is 35.6 Å². The van der Waals surface area contributed by atoms with E-state index in [-0.39, 0.29) is 11.7 Å². The number of benzene rings is 1. The molecule has 0 unspecified atom stereocenters. The minimum absolute atomic E-state index is 0.0564. The number of aromatic nitrogens is 2. The molecule has 5 heteroatoms. The standard InChI is InChI=1S/C16H20N2O3/c1-18-16(19)10-13(17-18)11-7-8-14(20-2)15(9-11)21-12-5-3-4-6-12/h7-10,12,17H,3-6H2,1-2H3. The zero-order valence-corrected chi connectivity index (χ0v) is 12.4. The second kappa shape index (κ2) is 5.68. The van der Waals surface area contributed by atoms with Gasteiger partial charge in [-0.25, -0.2) is 0 Å². The van der Waals surface area contributed by atoms with E-state index in [2.05, 4.69) is 5.10 Å². The smallest absolute Gasteiger partial charge is 0.266 e. The van der Waals surface area contributed by atoms with Crippen LogP contribution in [0, 0.1) is 0 Å². The topological polar surface area (TPSA) is 56.2 Å². The van der Waals surface area contributed by atoms with Gasteiger partial charge in [0, 0.05) is 18.7 Å². The van der Waals surface area contributed by atoms with Crippen molar-refractivity contribution in [3.63, 3.8) is 0 Å². The fourth-order valence-corrected chi connectivity index (χ4v) is 2.76. The lowest BCUT2D eigenvalue weighted by molar-refractivity contribution is 0.201. The SMILES string of the molecule is COc1ccc(-c2cc(=O)n(C)[nH]2)cc1OC1CCCC1. The Morgan fingerprint density at radius 2 is 1.95 bits per heavy atom. The van der Waals surface area contributed by atoms with Crippen molar-refractivity contribution in [2.75, 3.05) is 7.11 Å². The van der Waals surface area contributed by atoms with Crippen molar-refractivity contribution in [3.05, 3.63) is 34.6 Å². The monoisotopic (exact) mass is 288 g/mol. The maximum atomic E-state index is 11.6. The van der Waals surface area contributed by atoms with Gasteiger partial charge in [-0.15, -0.1) is 0 Å². The number of methoxy groups -OCH3 is 1. The highest BCUT2D eigenvalue weighted by molar-refractivity contribution is 5.63. The molecule has 0 saturated heterocycles. The number of ether oxygens (including phenoxy) is 2. The lowest BCUT2D eigenvalue weighted by Gasteiger charge is -2.16. The maximum absolute atomic E-state index is 11.6. The highest BCUT2D eigenvalue weighted by atomic mass is 16.5. The molecule has 0 amide bonds. The molecule has 1 aromatic heterocycles. The summed E-state index contributed by atoms with van der Waals surface area (Å²) in [7, 11) is 3.34. The fraction of sp³-hybridized carbons (Fsp3) is 0.438. The molecule has 1 N–H and O–H groups in total. The summed E-state index contributed by atoms with van der Waals surface area (Å²) in [6.45, 7) is 0. The predicted molar refractivity (Wildman–Crippen MR) is 80.9 cm³/mol. The van der Waals surface area contributed by atoms with Gasteiger partial charge in [0.25, 0.3) is 5.56 Å². The van der Waals surface area contributed by atoms with Gasteiger partial charge in [-0.1, -0.05) is 0 Å². The summed E-state index contributed by atoms with van der Waals surface area (Å²) in [6, 6.07) is 7.32. The molecule has 21 heavy (non-hydrogen) atoms. The minimum atomic E-state index is -0.0564. The molecule has 0 spiro atoms. The predicted octanol–water partition coefficient (Wildman–Crippen LogP) is 2.71. The molecular formula is C16H20N2O3. The molecule has 2 aromatic rings. The summed E-state index contributed by atoms with van der Waals surface area (Å²) in [6.07, 6.45) is 4.90. The zero-order valence-electron chi connectivity index (χ0n) is 12.4. The van der Waals surface area contributed by atoms with Gasteiger partial charge in [0.15, 0.2) is 11.5 Å². The van der Waals surface area contributed by atoms with Gasteiger partial charge >= 0.3 is 0 Å². The molecule has 5 nitrogen and oxygen atoms in total. The Balaban J connectivity index is 1.93. The summed E-state index contributed by atoms with van der Waals surface area (Å²) >= 11 is 0. The van der Waals surface area contributed by atoms with Gasteiger partial charge < -0.3 is 9.47 Å². The van der Waals surface area contributed by atoms with Gasteiger partial charge in [0.2, 0.25) is 0 Å². The van der Waals surface area contributed by atoms with Crippen LogP contribution in [0.5, 0.6) is 11.5 Å². The average molecular weight is 288 g/mol. The Morgan fingerprint density at radius 3 is 2.57 bits per heavy atom. The van der Waals surface area contributed by atoms with Crippen LogP contribution in [0.1, 0.15) is 25.7 Å². The third-order valence-corrected chi connectivity index (χ3v) is 3.96. The summed E-state index contributed by atoms with van der Waals surface area (Å²) < 4.78 is 12.9. The van der Waals surface area contributed by atoms with Crippen molar-refractivity contribution in [2.45, 2.75) is 31.8 Å². The molecule has 0 bridgehead atoms. The molecule has 1 aliphatic rings. The van der Waals surface area contributed by atoms with Crippen molar-refractivity contribution in [1.29, 1.82) is 0 Å². The highest BCUT2D eigenvalue weighted by Gasteiger charge is 2.19. The molecule has 0 atom stereocenters. The van der Waals surface area contributed by atoms with Crippen LogP contribution in [0.4, 0.5) is 0 Å². The third-order valence-electron chi connectivity index (χ3n) is 3.96. The van der Waals surface area contributed by atoms with Crippen LogP contribution in [-0.2, 0) is 7.05 Å². The number of aromatic amines is 1. The van der Waals surface area contributed by atoms with Crippen LogP contribution in [0.3, 0.4) is 0 Å². The molecule has 1 saturated carbocycles. The Kier molecular flexibility index (Phi) is 3.73. The van der Waals surface area contributed by atoms with Gasteiger partial charge in [-0.2, -0.15) is 0 Å². The van der Waals surface area contributed by atoms with E-state index in [1.807, 2.05) is 18.2 Å². The number of rotatable bonds is 4. The quantitative estimate of drug-likeness (QED) is 0.941. The van der Waals surface area contributed by atoms with Crippen LogP contribution in [0.15, 0.2) is 29.1 Å². The van der Waals surface area contributed by atoms with Crippen molar-refractivity contribution in [3.8, 4) is 22.8 Å². The van der Waals surface area contributed by atoms with E-state index in [1.165, 1.54) is 17.5 Å². The summed E-state index contributed by atoms with van der Waals surface area (Å²) in [4.78, 5) is 11.6. The Labute approximate surface area is 123 Å². The highest BCUT2D eigenvalue weighted by Crippen LogP contribution is 2.34. The van der Waals surface area contributed by atoms with Crippen LogP contribution >= 0.6 is 0 Å².